The van der Waals surface area contributed by atoms with E-state index in [-0.39, 0.29) is 0 Å². The molecule has 0 aliphatic heterocycles. The lowest BCUT2D eigenvalue weighted by molar-refractivity contribution is 0.502. The van der Waals surface area contributed by atoms with E-state index in [0.29, 0.717) is 29.1 Å². The molecule has 2 aromatic rings. The van der Waals surface area contributed by atoms with E-state index in [4.69, 9.17) is 27.6 Å². The Balaban J connectivity index is 2.24. The molecule has 0 saturated heterocycles. The molecule has 17 heavy (non-hydrogen) atoms. The van der Waals surface area contributed by atoms with Crippen LogP contribution >= 0.6 is 23.2 Å². The van der Waals surface area contributed by atoms with Crippen LogP contribution in [0.4, 0.5) is 0 Å². The van der Waals surface area contributed by atoms with Crippen molar-refractivity contribution in [2.75, 3.05) is 5.88 Å². The molecule has 5 heteroatoms. The molecule has 0 aliphatic carbocycles. The Morgan fingerprint density at radius 2 is 2.12 bits per heavy atom. The lowest BCUT2D eigenvalue weighted by Crippen LogP contribution is -1.85. The van der Waals surface area contributed by atoms with Crippen molar-refractivity contribution in [3.05, 3.63) is 34.7 Å². The Labute approximate surface area is 110 Å². The number of hydrogen-bond acceptors (Lipinski definition) is 3. The smallest absolute Gasteiger partial charge is 0.249 e. The third-order valence-electron chi connectivity index (χ3n) is 2.35. The number of aromatic nitrogens is 2. The number of hydrogen-bond donors (Lipinski definition) is 0. The zero-order valence-electron chi connectivity index (χ0n) is 9.41. The highest BCUT2D eigenvalue weighted by molar-refractivity contribution is 6.33. The van der Waals surface area contributed by atoms with Crippen molar-refractivity contribution in [2.45, 2.75) is 19.8 Å². The van der Waals surface area contributed by atoms with Gasteiger partial charge in [0, 0.05) is 12.3 Å². The average Bonchev–Trinajstić information content (AvgIpc) is 2.75. The van der Waals surface area contributed by atoms with Gasteiger partial charge >= 0.3 is 0 Å². The van der Waals surface area contributed by atoms with Crippen molar-refractivity contribution >= 4 is 23.2 Å². The normalized spacial score (nSPS) is 10.8. The first-order valence-corrected chi connectivity index (χ1v) is 6.27. The highest BCUT2D eigenvalue weighted by Gasteiger charge is 2.11. The molecule has 0 N–H and O–H groups in total. The Kier molecular flexibility index (Phi) is 4.02. The summed E-state index contributed by atoms with van der Waals surface area (Å²) in [5, 5.41) is 8.57. The zero-order valence-corrected chi connectivity index (χ0v) is 10.9. The van der Waals surface area contributed by atoms with Gasteiger partial charge < -0.3 is 4.42 Å². The van der Waals surface area contributed by atoms with Gasteiger partial charge in [-0.3, -0.25) is 0 Å². The Hall–Kier alpha value is -1.06. The highest BCUT2D eigenvalue weighted by Crippen LogP contribution is 2.27. The number of halogens is 2. The Morgan fingerprint density at radius 1 is 1.29 bits per heavy atom. The van der Waals surface area contributed by atoms with Gasteiger partial charge in [0.25, 0.3) is 0 Å². The number of benzene rings is 1. The second kappa shape index (κ2) is 5.52. The molecule has 2 rings (SSSR count). The van der Waals surface area contributed by atoms with Crippen LogP contribution in [0.25, 0.3) is 11.5 Å². The second-order valence-corrected chi connectivity index (χ2v) is 4.56. The topological polar surface area (TPSA) is 38.9 Å². The van der Waals surface area contributed by atoms with E-state index in [1.807, 2.05) is 25.1 Å². The highest BCUT2D eigenvalue weighted by atomic mass is 35.5. The maximum Gasteiger partial charge on any atom is 0.249 e. The van der Waals surface area contributed by atoms with Crippen LogP contribution in [0, 0.1) is 6.92 Å². The van der Waals surface area contributed by atoms with E-state index in [1.165, 1.54) is 0 Å². The van der Waals surface area contributed by atoms with Crippen LogP contribution < -0.4 is 0 Å². The number of alkyl halides is 1. The average molecular weight is 271 g/mol. The van der Waals surface area contributed by atoms with Gasteiger partial charge in [0.05, 0.1) is 10.6 Å². The van der Waals surface area contributed by atoms with Gasteiger partial charge in [-0.15, -0.1) is 21.8 Å². The maximum absolute atomic E-state index is 6.13. The summed E-state index contributed by atoms with van der Waals surface area (Å²) in [6.07, 6.45) is 1.52. The third kappa shape index (κ3) is 2.99. The molecule has 0 atom stereocenters. The summed E-state index contributed by atoms with van der Waals surface area (Å²) in [5.41, 5.74) is 1.86. The number of aryl methyl sites for hydroxylation is 2. The third-order valence-corrected chi connectivity index (χ3v) is 2.93. The van der Waals surface area contributed by atoms with Crippen molar-refractivity contribution in [3.8, 4) is 11.5 Å². The van der Waals surface area contributed by atoms with Crippen molar-refractivity contribution < 1.29 is 4.42 Å². The van der Waals surface area contributed by atoms with Gasteiger partial charge in [-0.25, -0.2) is 0 Å². The molecule has 1 aromatic heterocycles. The molecule has 0 bridgehead atoms. The van der Waals surface area contributed by atoms with Crippen LogP contribution in [-0.2, 0) is 6.42 Å². The second-order valence-electron chi connectivity index (χ2n) is 3.78. The standard InChI is InChI=1S/C12H12Cl2N2O/c1-8-4-5-9(10(14)7-8)12-16-15-11(17-12)3-2-6-13/h4-5,7H,2-3,6H2,1H3. The minimum Gasteiger partial charge on any atom is -0.421 e. The molecule has 0 amide bonds. The molecule has 0 fully saturated rings. The largest absolute Gasteiger partial charge is 0.421 e. The van der Waals surface area contributed by atoms with Crippen LogP contribution in [0.1, 0.15) is 17.9 Å². The van der Waals surface area contributed by atoms with Crippen LogP contribution in [0.5, 0.6) is 0 Å². The minimum absolute atomic E-state index is 0.458. The van der Waals surface area contributed by atoms with Crippen molar-refractivity contribution in [2.24, 2.45) is 0 Å². The van der Waals surface area contributed by atoms with Gasteiger partial charge in [0.15, 0.2) is 0 Å². The van der Waals surface area contributed by atoms with Gasteiger partial charge in [-0.2, -0.15) is 0 Å². The summed E-state index contributed by atoms with van der Waals surface area (Å²) in [6.45, 7) is 1.98. The predicted octanol–water partition coefficient (Wildman–Crippen LogP) is 3.87. The number of rotatable bonds is 4. The lowest BCUT2D eigenvalue weighted by atomic mass is 10.1. The predicted molar refractivity (Wildman–Crippen MR) is 68.5 cm³/mol. The maximum atomic E-state index is 6.13. The first kappa shape index (κ1) is 12.4. The van der Waals surface area contributed by atoms with Crippen LogP contribution in [-0.4, -0.2) is 16.1 Å². The summed E-state index contributed by atoms with van der Waals surface area (Å²) < 4.78 is 5.53. The summed E-state index contributed by atoms with van der Waals surface area (Å²) in [5.74, 6) is 1.64. The van der Waals surface area contributed by atoms with Crippen LogP contribution in [0.3, 0.4) is 0 Å². The SMILES string of the molecule is Cc1ccc(-c2nnc(CCCCl)o2)c(Cl)c1. The summed E-state index contributed by atoms with van der Waals surface area (Å²) >= 11 is 11.7. The molecular formula is C12H12Cl2N2O. The van der Waals surface area contributed by atoms with Crippen molar-refractivity contribution in [3.63, 3.8) is 0 Å². The molecule has 1 aromatic carbocycles. The van der Waals surface area contributed by atoms with Crippen molar-refractivity contribution in [1.29, 1.82) is 0 Å². The zero-order chi connectivity index (χ0) is 12.3. The summed E-state index contributed by atoms with van der Waals surface area (Å²) in [7, 11) is 0. The molecule has 0 aliphatic rings. The van der Waals surface area contributed by atoms with Gasteiger partial charge in [-0.1, -0.05) is 17.7 Å². The quantitative estimate of drug-likeness (QED) is 0.792. The molecule has 1 heterocycles. The van der Waals surface area contributed by atoms with Crippen LogP contribution in [0.2, 0.25) is 5.02 Å². The summed E-state index contributed by atoms with van der Waals surface area (Å²) in [6, 6.07) is 5.72. The Bertz CT molecular complexity index is 511. The van der Waals surface area contributed by atoms with E-state index in [0.717, 1.165) is 17.5 Å². The van der Waals surface area contributed by atoms with Gasteiger partial charge in [0.2, 0.25) is 11.8 Å². The van der Waals surface area contributed by atoms with Crippen molar-refractivity contribution in [1.82, 2.24) is 10.2 Å². The fraction of sp³-hybridized carbons (Fsp3) is 0.333. The van der Waals surface area contributed by atoms with E-state index < -0.39 is 0 Å². The first-order chi connectivity index (χ1) is 8.20. The summed E-state index contributed by atoms with van der Waals surface area (Å²) in [4.78, 5) is 0. The van der Waals surface area contributed by atoms with E-state index in [2.05, 4.69) is 10.2 Å². The first-order valence-electron chi connectivity index (χ1n) is 5.35. The fourth-order valence-corrected chi connectivity index (χ4v) is 1.92. The lowest BCUT2D eigenvalue weighted by Gasteiger charge is -1.99. The Morgan fingerprint density at radius 3 is 2.82 bits per heavy atom. The minimum atomic E-state index is 0.458. The van der Waals surface area contributed by atoms with E-state index in [1.54, 1.807) is 0 Å². The molecule has 3 nitrogen and oxygen atoms in total. The van der Waals surface area contributed by atoms with E-state index in [9.17, 15) is 0 Å². The molecule has 0 spiro atoms. The molecular weight excluding hydrogens is 259 g/mol. The molecule has 0 saturated carbocycles. The van der Waals surface area contributed by atoms with Gasteiger partial charge in [0.1, 0.15) is 0 Å². The molecule has 0 unspecified atom stereocenters. The molecule has 0 radical (unpaired) electrons. The number of nitrogens with zero attached hydrogens (tertiary/aromatic N) is 2. The molecule has 90 valence electrons. The van der Waals surface area contributed by atoms with E-state index >= 15 is 0 Å². The monoisotopic (exact) mass is 270 g/mol. The fourth-order valence-electron chi connectivity index (χ4n) is 1.48. The van der Waals surface area contributed by atoms with Gasteiger partial charge in [-0.05, 0) is 31.0 Å². The van der Waals surface area contributed by atoms with Crippen LogP contribution in [0.15, 0.2) is 22.6 Å².